The molecular formula is C6H9BrN2S. The fourth-order valence-corrected chi connectivity index (χ4v) is 1.81. The van der Waals surface area contributed by atoms with Crippen LogP contribution in [0.5, 0.6) is 0 Å². The number of anilines is 1. The third-order valence-electron chi connectivity index (χ3n) is 1.11. The van der Waals surface area contributed by atoms with Crippen LogP contribution < -0.4 is 4.90 Å². The van der Waals surface area contributed by atoms with E-state index in [4.69, 9.17) is 0 Å². The molecule has 0 aliphatic carbocycles. The number of aromatic nitrogens is 1. The summed E-state index contributed by atoms with van der Waals surface area (Å²) in [6.07, 6.45) is 0. The van der Waals surface area contributed by atoms with E-state index in [-0.39, 0.29) is 0 Å². The monoisotopic (exact) mass is 220 g/mol. The quantitative estimate of drug-likeness (QED) is 0.723. The maximum Gasteiger partial charge on any atom is 0.186 e. The molecule has 56 valence electrons. The lowest BCUT2D eigenvalue weighted by molar-refractivity contribution is 1.10. The van der Waals surface area contributed by atoms with Crippen LogP contribution in [0.25, 0.3) is 0 Å². The van der Waals surface area contributed by atoms with E-state index >= 15 is 0 Å². The Bertz CT molecular complexity index is 212. The van der Waals surface area contributed by atoms with Gasteiger partial charge in [0.2, 0.25) is 0 Å². The molecule has 1 aromatic rings. The van der Waals surface area contributed by atoms with Crippen molar-refractivity contribution in [1.82, 2.24) is 4.98 Å². The van der Waals surface area contributed by atoms with Gasteiger partial charge in [0.25, 0.3) is 0 Å². The maximum absolute atomic E-state index is 4.27. The molecule has 0 bridgehead atoms. The lowest BCUT2D eigenvalue weighted by Crippen LogP contribution is -2.07. The molecule has 0 atom stereocenters. The highest BCUT2D eigenvalue weighted by Gasteiger charge is 2.04. The predicted molar refractivity (Wildman–Crippen MR) is 48.9 cm³/mol. The zero-order valence-electron chi connectivity index (χ0n) is 6.18. The predicted octanol–water partition coefficient (Wildman–Crippen LogP) is 2.28. The molecule has 0 unspecified atom stereocenters. The van der Waals surface area contributed by atoms with Gasteiger partial charge in [-0.05, 0) is 22.9 Å². The van der Waals surface area contributed by atoms with Crippen LogP contribution in [0.1, 0.15) is 4.88 Å². The number of aryl methyl sites for hydroxylation is 1. The van der Waals surface area contributed by atoms with E-state index in [0.717, 1.165) is 9.73 Å². The Kier molecular flexibility index (Phi) is 2.31. The third-order valence-corrected chi connectivity index (χ3v) is 3.28. The summed E-state index contributed by atoms with van der Waals surface area (Å²) < 4.78 is 0.959. The Labute approximate surface area is 73.0 Å². The topological polar surface area (TPSA) is 16.1 Å². The van der Waals surface area contributed by atoms with Gasteiger partial charge in [-0.1, -0.05) is 0 Å². The van der Waals surface area contributed by atoms with E-state index in [0.29, 0.717) is 0 Å². The Morgan fingerprint density at radius 2 is 2.10 bits per heavy atom. The molecule has 0 aliphatic rings. The maximum atomic E-state index is 4.27. The van der Waals surface area contributed by atoms with Gasteiger partial charge in [0.05, 0.1) is 0 Å². The number of rotatable bonds is 1. The largest absolute Gasteiger partial charge is 0.354 e. The zero-order valence-corrected chi connectivity index (χ0v) is 8.58. The van der Waals surface area contributed by atoms with Gasteiger partial charge < -0.3 is 4.90 Å². The average molecular weight is 221 g/mol. The first-order valence-electron chi connectivity index (χ1n) is 2.91. The van der Waals surface area contributed by atoms with Crippen molar-refractivity contribution in [1.29, 1.82) is 0 Å². The van der Waals surface area contributed by atoms with Gasteiger partial charge in [-0.15, -0.1) is 11.3 Å². The van der Waals surface area contributed by atoms with Crippen LogP contribution in [0.4, 0.5) is 5.13 Å². The minimum absolute atomic E-state index is 0.959. The number of thiazole rings is 1. The van der Waals surface area contributed by atoms with Crippen LogP contribution >= 0.6 is 27.3 Å². The van der Waals surface area contributed by atoms with Crippen molar-refractivity contribution in [2.24, 2.45) is 0 Å². The molecule has 0 radical (unpaired) electrons. The summed E-state index contributed by atoms with van der Waals surface area (Å²) >= 11 is 5.05. The molecule has 0 aromatic carbocycles. The van der Waals surface area contributed by atoms with E-state index < -0.39 is 0 Å². The third kappa shape index (κ3) is 1.49. The van der Waals surface area contributed by atoms with Crippen LogP contribution in [0.2, 0.25) is 0 Å². The van der Waals surface area contributed by atoms with Crippen molar-refractivity contribution in [2.45, 2.75) is 6.92 Å². The summed E-state index contributed by atoms with van der Waals surface area (Å²) in [6.45, 7) is 2.05. The Morgan fingerprint density at radius 3 is 2.30 bits per heavy atom. The van der Waals surface area contributed by atoms with Crippen molar-refractivity contribution in [3.05, 3.63) is 9.48 Å². The van der Waals surface area contributed by atoms with Crippen LogP contribution in [0.15, 0.2) is 4.60 Å². The number of hydrogen-bond acceptors (Lipinski definition) is 3. The first-order valence-corrected chi connectivity index (χ1v) is 4.52. The molecule has 0 aliphatic heterocycles. The number of hydrogen-bond donors (Lipinski definition) is 0. The Morgan fingerprint density at radius 1 is 1.50 bits per heavy atom. The molecule has 1 heterocycles. The molecule has 10 heavy (non-hydrogen) atoms. The van der Waals surface area contributed by atoms with Crippen molar-refractivity contribution in [3.8, 4) is 0 Å². The summed E-state index contributed by atoms with van der Waals surface area (Å²) in [7, 11) is 3.98. The van der Waals surface area contributed by atoms with Crippen LogP contribution in [-0.4, -0.2) is 19.1 Å². The van der Waals surface area contributed by atoms with Gasteiger partial charge in [0.1, 0.15) is 4.60 Å². The van der Waals surface area contributed by atoms with E-state index in [2.05, 4.69) is 27.8 Å². The zero-order chi connectivity index (χ0) is 7.72. The Hall–Kier alpha value is -0.0900. The van der Waals surface area contributed by atoms with Gasteiger partial charge in [-0.3, -0.25) is 0 Å². The highest BCUT2D eigenvalue weighted by atomic mass is 79.9. The SMILES string of the molecule is Cc1sc(N(C)C)nc1Br. The summed E-state index contributed by atoms with van der Waals surface area (Å²) in [5, 5.41) is 1.05. The van der Waals surface area contributed by atoms with Gasteiger partial charge in [-0.25, -0.2) is 4.98 Å². The summed E-state index contributed by atoms with van der Waals surface area (Å²) in [4.78, 5) is 7.50. The second kappa shape index (κ2) is 2.88. The first kappa shape index (κ1) is 8.01. The first-order chi connectivity index (χ1) is 4.61. The molecule has 4 heteroatoms. The van der Waals surface area contributed by atoms with Crippen LogP contribution in [0.3, 0.4) is 0 Å². The lowest BCUT2D eigenvalue weighted by atomic mass is 10.6. The molecule has 2 nitrogen and oxygen atoms in total. The average Bonchev–Trinajstić information content (AvgIpc) is 2.13. The van der Waals surface area contributed by atoms with Crippen LogP contribution in [0, 0.1) is 6.92 Å². The second-order valence-electron chi connectivity index (χ2n) is 2.24. The van der Waals surface area contributed by atoms with Gasteiger partial charge in [0.15, 0.2) is 5.13 Å². The van der Waals surface area contributed by atoms with Gasteiger partial charge in [0, 0.05) is 19.0 Å². The van der Waals surface area contributed by atoms with E-state index in [1.165, 1.54) is 4.88 Å². The van der Waals surface area contributed by atoms with Crippen molar-refractivity contribution >= 4 is 32.4 Å². The minimum Gasteiger partial charge on any atom is -0.354 e. The van der Waals surface area contributed by atoms with Crippen molar-refractivity contribution in [2.75, 3.05) is 19.0 Å². The minimum atomic E-state index is 0.959. The van der Waals surface area contributed by atoms with E-state index in [1.807, 2.05) is 19.0 Å². The number of nitrogens with zero attached hydrogens (tertiary/aromatic N) is 2. The molecule has 0 N–H and O–H groups in total. The summed E-state index contributed by atoms with van der Waals surface area (Å²) in [6, 6.07) is 0. The smallest absolute Gasteiger partial charge is 0.186 e. The molecule has 0 saturated heterocycles. The molecule has 1 aromatic heterocycles. The van der Waals surface area contributed by atoms with E-state index in [1.54, 1.807) is 11.3 Å². The fourth-order valence-electron chi connectivity index (χ4n) is 0.556. The number of halogens is 1. The van der Waals surface area contributed by atoms with Crippen molar-refractivity contribution in [3.63, 3.8) is 0 Å². The molecule has 1 rings (SSSR count). The summed E-state index contributed by atoms with van der Waals surface area (Å²) in [5.74, 6) is 0. The molecule has 0 spiro atoms. The molecule has 0 saturated carbocycles. The molecule has 0 fully saturated rings. The molecule has 0 amide bonds. The summed E-state index contributed by atoms with van der Waals surface area (Å²) in [5.41, 5.74) is 0. The van der Waals surface area contributed by atoms with Gasteiger partial charge in [-0.2, -0.15) is 0 Å². The van der Waals surface area contributed by atoms with Crippen molar-refractivity contribution < 1.29 is 0 Å². The van der Waals surface area contributed by atoms with E-state index in [9.17, 15) is 0 Å². The highest BCUT2D eigenvalue weighted by molar-refractivity contribution is 9.10. The Balaban J connectivity index is 2.98. The normalized spacial score (nSPS) is 10.0. The highest BCUT2D eigenvalue weighted by Crippen LogP contribution is 2.27. The standard InChI is InChI=1S/C6H9BrN2S/c1-4-5(7)8-6(10-4)9(2)3/h1-3H3. The lowest BCUT2D eigenvalue weighted by Gasteiger charge is -2.04. The molecular weight excluding hydrogens is 212 g/mol. The second-order valence-corrected chi connectivity index (χ2v) is 4.17. The van der Waals surface area contributed by atoms with Gasteiger partial charge >= 0.3 is 0 Å². The fraction of sp³-hybridized carbons (Fsp3) is 0.500. The van der Waals surface area contributed by atoms with Crippen LogP contribution in [-0.2, 0) is 0 Å².